The Labute approximate surface area is 249 Å². The summed E-state index contributed by atoms with van der Waals surface area (Å²) in [6.07, 6.45) is 5.49. The van der Waals surface area contributed by atoms with Gasteiger partial charge in [0.25, 0.3) is 0 Å². The van der Waals surface area contributed by atoms with Crippen LogP contribution in [0.4, 0.5) is 14.6 Å². The molecule has 43 heavy (non-hydrogen) atoms. The van der Waals surface area contributed by atoms with Crippen LogP contribution in [0.15, 0.2) is 41.3 Å². The van der Waals surface area contributed by atoms with E-state index in [0.29, 0.717) is 16.6 Å². The summed E-state index contributed by atoms with van der Waals surface area (Å²) in [6.45, 7) is 1.36. The van der Waals surface area contributed by atoms with Gasteiger partial charge in [-0.25, -0.2) is 9.36 Å². The van der Waals surface area contributed by atoms with Gasteiger partial charge in [-0.2, -0.15) is 13.8 Å². The highest BCUT2D eigenvalue weighted by atomic mass is 31.2. The maximum atomic E-state index is 15.7. The van der Waals surface area contributed by atoms with Crippen molar-refractivity contribution < 1.29 is 41.2 Å². The van der Waals surface area contributed by atoms with Crippen LogP contribution in [0.1, 0.15) is 89.3 Å². The van der Waals surface area contributed by atoms with Crippen molar-refractivity contribution in [1.29, 1.82) is 0 Å². The van der Waals surface area contributed by atoms with Crippen molar-refractivity contribution in [2.24, 2.45) is 0 Å². The Kier molecular flexibility index (Phi) is 11.7. The van der Waals surface area contributed by atoms with E-state index in [1.165, 1.54) is 32.1 Å². The minimum Gasteiger partial charge on any atom is -0.453 e. The first-order chi connectivity index (χ1) is 20.6. The van der Waals surface area contributed by atoms with Gasteiger partial charge < -0.3 is 19.7 Å². The number of nitrogen functional groups attached to an aromatic ring is 1. The Bertz CT molecular complexity index is 1330. The van der Waals surface area contributed by atoms with Crippen LogP contribution in [-0.2, 0) is 34.5 Å². The number of rotatable bonds is 16. The molecule has 1 saturated heterocycles. The minimum atomic E-state index is -4.21. The number of halogens is 2. The number of anilines is 1. The van der Waals surface area contributed by atoms with Gasteiger partial charge in [-0.05, 0) is 18.6 Å². The lowest BCUT2D eigenvalue weighted by atomic mass is 10.1. The molecule has 2 aliphatic rings. The number of nitrogens with two attached hydrogens (primary N) is 1. The van der Waals surface area contributed by atoms with Crippen molar-refractivity contribution in [1.82, 2.24) is 9.55 Å². The smallest absolute Gasteiger partial charge is 0.453 e. The monoisotopic (exact) mass is 627 g/mol. The zero-order valence-electron chi connectivity index (χ0n) is 24.3. The van der Waals surface area contributed by atoms with E-state index in [4.69, 9.17) is 28.8 Å². The topological polar surface area (TPSA) is 141 Å². The standard InChI is InChI=1S/C29H40F2N3O8P/c1-2-3-4-5-6-7-8-9-10-11-16-25(35)41-26-23(20-39-43(37)38-19-21-14-12-13-15-22(21)42-43)40-27(29(26,30)31)34-18-17-24(32)33-28(34)36/h12-15,17-18,23,26-27H,2-11,16,19-20H2,1H3,(H2,32,33,36)/t23-,26-,27?,43?/m1/s1. The van der Waals surface area contributed by atoms with E-state index in [9.17, 15) is 14.2 Å². The molecule has 4 atom stereocenters. The number of phosphoric acid groups is 1. The maximum Gasteiger partial charge on any atom is 0.530 e. The van der Waals surface area contributed by atoms with Crippen LogP contribution in [0.25, 0.3) is 0 Å². The van der Waals surface area contributed by atoms with Gasteiger partial charge in [-0.15, -0.1) is 0 Å². The number of benzene rings is 1. The molecule has 11 nitrogen and oxygen atoms in total. The number of aromatic nitrogens is 2. The fourth-order valence-electron chi connectivity index (χ4n) is 5.05. The first kappa shape index (κ1) is 33.0. The molecule has 2 aromatic rings. The lowest BCUT2D eigenvalue weighted by Crippen LogP contribution is -2.44. The van der Waals surface area contributed by atoms with Crippen LogP contribution in [0.3, 0.4) is 0 Å². The van der Waals surface area contributed by atoms with Crippen LogP contribution < -0.4 is 15.9 Å². The molecule has 2 N–H and O–H groups in total. The second-order valence-electron chi connectivity index (χ2n) is 10.8. The molecule has 0 bridgehead atoms. The van der Waals surface area contributed by atoms with Crippen LogP contribution >= 0.6 is 7.82 Å². The number of hydrogen-bond donors (Lipinski definition) is 1. The first-order valence-corrected chi connectivity index (χ1v) is 16.3. The Morgan fingerprint density at radius 1 is 1.09 bits per heavy atom. The molecule has 2 aliphatic heterocycles. The van der Waals surface area contributed by atoms with Crippen LogP contribution in [0.2, 0.25) is 0 Å². The molecule has 0 radical (unpaired) electrons. The van der Waals surface area contributed by atoms with Gasteiger partial charge in [0, 0.05) is 18.2 Å². The van der Waals surface area contributed by atoms with Crippen molar-refractivity contribution in [2.45, 2.75) is 109 Å². The van der Waals surface area contributed by atoms with E-state index in [-0.39, 0.29) is 24.6 Å². The molecule has 238 valence electrons. The SMILES string of the molecule is CCCCCCCCCCCCC(=O)O[C@@H]1[C@@H](COP2(=O)OCc3ccccc3O2)OC(n2ccc(N)nc2=O)C1(F)F. The fourth-order valence-corrected chi connectivity index (χ4v) is 6.27. The molecule has 0 amide bonds. The Morgan fingerprint density at radius 3 is 2.47 bits per heavy atom. The number of esters is 1. The summed E-state index contributed by atoms with van der Waals surface area (Å²) >= 11 is 0. The number of carbonyl (C=O) groups is 1. The zero-order chi connectivity index (χ0) is 30.9. The molecular weight excluding hydrogens is 587 g/mol. The average Bonchev–Trinajstić information content (AvgIpc) is 3.21. The van der Waals surface area contributed by atoms with Gasteiger partial charge in [0.2, 0.25) is 6.23 Å². The second-order valence-corrected chi connectivity index (χ2v) is 12.4. The molecule has 1 aromatic carbocycles. The van der Waals surface area contributed by atoms with E-state index >= 15 is 8.78 Å². The molecule has 3 heterocycles. The quantitative estimate of drug-likeness (QED) is 0.128. The molecule has 0 spiro atoms. The summed E-state index contributed by atoms with van der Waals surface area (Å²) in [5.41, 5.74) is 5.06. The normalized spacial score (nSPS) is 24.3. The van der Waals surface area contributed by atoms with Gasteiger partial charge in [0.05, 0.1) is 13.2 Å². The van der Waals surface area contributed by atoms with Gasteiger partial charge >= 0.3 is 25.4 Å². The minimum absolute atomic E-state index is 0.0633. The van der Waals surface area contributed by atoms with Crippen molar-refractivity contribution in [3.8, 4) is 5.75 Å². The van der Waals surface area contributed by atoms with Crippen molar-refractivity contribution in [3.05, 3.63) is 52.6 Å². The van der Waals surface area contributed by atoms with E-state index in [0.717, 1.165) is 37.9 Å². The number of ether oxygens (including phenoxy) is 2. The zero-order valence-corrected chi connectivity index (χ0v) is 25.2. The van der Waals surface area contributed by atoms with Gasteiger partial charge in [-0.1, -0.05) is 82.9 Å². The van der Waals surface area contributed by atoms with Crippen molar-refractivity contribution in [3.63, 3.8) is 0 Å². The number of carbonyl (C=O) groups excluding carboxylic acids is 1. The molecule has 0 saturated carbocycles. The number of alkyl halides is 2. The Balaban J connectivity index is 1.37. The summed E-state index contributed by atoms with van der Waals surface area (Å²) in [5, 5.41) is 0. The third-order valence-corrected chi connectivity index (χ3v) is 8.74. The van der Waals surface area contributed by atoms with Gasteiger partial charge in [0.15, 0.2) is 6.10 Å². The van der Waals surface area contributed by atoms with Crippen LogP contribution in [-0.4, -0.2) is 40.3 Å². The third kappa shape index (κ3) is 8.84. The number of phosphoric ester groups is 1. The number of unbranched alkanes of at least 4 members (excludes halogenated alkanes) is 9. The van der Waals surface area contributed by atoms with E-state index in [1.807, 2.05) is 0 Å². The molecular formula is C29H40F2N3O8P. The van der Waals surface area contributed by atoms with Crippen LogP contribution in [0.5, 0.6) is 5.75 Å². The lowest BCUT2D eigenvalue weighted by Gasteiger charge is -2.27. The number of para-hydroxylation sites is 1. The summed E-state index contributed by atoms with van der Waals surface area (Å²) in [5.74, 6) is -4.61. The highest BCUT2D eigenvalue weighted by molar-refractivity contribution is 7.49. The predicted molar refractivity (Wildman–Crippen MR) is 154 cm³/mol. The molecule has 14 heteroatoms. The van der Waals surface area contributed by atoms with E-state index in [2.05, 4.69) is 11.9 Å². The van der Waals surface area contributed by atoms with Crippen molar-refractivity contribution in [2.75, 3.05) is 12.3 Å². The summed E-state index contributed by atoms with van der Waals surface area (Å²) in [4.78, 5) is 28.5. The first-order valence-electron chi connectivity index (χ1n) is 14.9. The second kappa shape index (κ2) is 15.2. The van der Waals surface area contributed by atoms with Gasteiger partial charge in [-0.3, -0.25) is 18.4 Å². The summed E-state index contributed by atoms with van der Waals surface area (Å²) in [6, 6.07) is 7.87. The molecule has 2 unspecified atom stereocenters. The number of fused-ring (bicyclic) bond motifs is 1. The summed E-state index contributed by atoms with van der Waals surface area (Å²) < 4.78 is 71.9. The Morgan fingerprint density at radius 2 is 1.77 bits per heavy atom. The average molecular weight is 628 g/mol. The fraction of sp³-hybridized carbons (Fsp3) is 0.621. The van der Waals surface area contributed by atoms with Crippen molar-refractivity contribution >= 4 is 19.6 Å². The van der Waals surface area contributed by atoms with Gasteiger partial charge in [0.1, 0.15) is 17.7 Å². The number of hydrogen-bond acceptors (Lipinski definition) is 10. The molecule has 1 aromatic heterocycles. The molecule has 0 aliphatic carbocycles. The molecule has 4 rings (SSSR count). The largest absolute Gasteiger partial charge is 0.530 e. The van der Waals surface area contributed by atoms with Crippen LogP contribution in [0, 0.1) is 0 Å². The van der Waals surface area contributed by atoms with E-state index < -0.39 is 50.4 Å². The highest BCUT2D eigenvalue weighted by Crippen LogP contribution is 2.55. The summed E-state index contributed by atoms with van der Waals surface area (Å²) in [7, 11) is -4.21. The molecule has 1 fully saturated rings. The lowest BCUT2D eigenvalue weighted by molar-refractivity contribution is -0.176. The highest BCUT2D eigenvalue weighted by Gasteiger charge is 2.63. The Hall–Kier alpha value is -2.86. The number of nitrogens with zero attached hydrogens (tertiary/aromatic N) is 2. The predicted octanol–water partition coefficient (Wildman–Crippen LogP) is 6.31. The maximum absolute atomic E-state index is 15.7. The van der Waals surface area contributed by atoms with E-state index in [1.54, 1.807) is 24.3 Å². The third-order valence-electron chi connectivity index (χ3n) is 7.40.